The van der Waals surface area contributed by atoms with Crippen molar-refractivity contribution in [2.24, 2.45) is 5.92 Å². The average Bonchev–Trinajstić information content (AvgIpc) is 2.70. The van der Waals surface area contributed by atoms with Crippen molar-refractivity contribution >= 4 is 11.6 Å². The molecule has 0 aliphatic rings. The number of amides is 1. The molecule has 1 aromatic heterocycles. The molecule has 0 aliphatic carbocycles. The number of hydrogen-bond donors (Lipinski definition) is 1. The van der Waals surface area contributed by atoms with Crippen molar-refractivity contribution < 1.29 is 13.6 Å². The molecule has 0 unspecified atom stereocenters. The number of anilines is 1. The number of carbonyl (C=O) groups is 1. The first kappa shape index (κ1) is 20.6. The Morgan fingerprint density at radius 1 is 1.07 bits per heavy atom. The molecule has 0 spiro atoms. The second kappa shape index (κ2) is 8.95. The van der Waals surface area contributed by atoms with Gasteiger partial charge >= 0.3 is 0 Å². The van der Waals surface area contributed by atoms with E-state index in [1.54, 1.807) is 25.3 Å². The summed E-state index contributed by atoms with van der Waals surface area (Å²) in [4.78, 5) is 17.0. The van der Waals surface area contributed by atoms with Crippen molar-refractivity contribution in [3.05, 3.63) is 94.8 Å². The first-order chi connectivity index (χ1) is 13.9. The Kier molecular flexibility index (Phi) is 6.37. The molecule has 150 valence electrons. The fourth-order valence-electron chi connectivity index (χ4n) is 3.57. The van der Waals surface area contributed by atoms with Gasteiger partial charge in [0.05, 0.1) is 6.20 Å². The lowest BCUT2D eigenvalue weighted by atomic mass is 9.81. The average molecular weight is 394 g/mol. The van der Waals surface area contributed by atoms with Gasteiger partial charge in [0.15, 0.2) is 0 Å². The molecule has 3 nitrogen and oxygen atoms in total. The van der Waals surface area contributed by atoms with Gasteiger partial charge < -0.3 is 5.32 Å². The van der Waals surface area contributed by atoms with Crippen molar-refractivity contribution in [3.63, 3.8) is 0 Å². The van der Waals surface area contributed by atoms with Crippen LogP contribution in [0.1, 0.15) is 42.0 Å². The molecule has 0 fully saturated rings. The molecule has 0 saturated heterocycles. The standard InChI is InChI=1S/C24H24F2N2O/c1-4-20-21(26)6-5-7-22(20)28-24(29)16(3)23(17-10-8-15(2)9-11-17)18-12-19(25)14-27-13-18/h5-14,16,23H,4H2,1-3H3,(H,28,29)/t16-,23-/m0/s1. The van der Waals surface area contributed by atoms with Crippen molar-refractivity contribution in [2.45, 2.75) is 33.1 Å². The SMILES string of the molecule is CCc1c(F)cccc1NC(=O)[C@@H](C)[C@@H](c1ccc(C)cc1)c1cncc(F)c1. The summed E-state index contributed by atoms with van der Waals surface area (Å²) < 4.78 is 27.9. The van der Waals surface area contributed by atoms with Gasteiger partial charge in [0, 0.05) is 29.3 Å². The Bertz CT molecular complexity index is 1000. The molecular formula is C24H24F2N2O. The van der Waals surface area contributed by atoms with E-state index < -0.39 is 17.7 Å². The molecule has 1 N–H and O–H groups in total. The minimum Gasteiger partial charge on any atom is -0.325 e. The number of rotatable bonds is 6. The van der Waals surface area contributed by atoms with Gasteiger partial charge in [-0.3, -0.25) is 9.78 Å². The van der Waals surface area contributed by atoms with Crippen LogP contribution in [0.5, 0.6) is 0 Å². The highest BCUT2D eigenvalue weighted by Crippen LogP contribution is 2.33. The van der Waals surface area contributed by atoms with Crippen LogP contribution in [0.4, 0.5) is 14.5 Å². The largest absolute Gasteiger partial charge is 0.325 e. The predicted octanol–water partition coefficient (Wildman–Crippen LogP) is 5.64. The number of nitrogens with one attached hydrogen (secondary N) is 1. The van der Waals surface area contributed by atoms with E-state index in [9.17, 15) is 13.6 Å². The highest BCUT2D eigenvalue weighted by molar-refractivity contribution is 5.94. The van der Waals surface area contributed by atoms with E-state index in [4.69, 9.17) is 0 Å². The first-order valence-electron chi connectivity index (χ1n) is 9.66. The van der Waals surface area contributed by atoms with E-state index in [0.29, 0.717) is 23.2 Å². The molecule has 5 heteroatoms. The number of hydrogen-bond acceptors (Lipinski definition) is 2. The molecule has 3 aromatic rings. The zero-order valence-electron chi connectivity index (χ0n) is 16.7. The van der Waals surface area contributed by atoms with Crippen molar-refractivity contribution in [1.29, 1.82) is 0 Å². The molecule has 2 aromatic carbocycles. The number of nitrogens with zero attached hydrogens (tertiary/aromatic N) is 1. The normalized spacial score (nSPS) is 13.0. The molecule has 29 heavy (non-hydrogen) atoms. The lowest BCUT2D eigenvalue weighted by Gasteiger charge is -2.25. The van der Waals surface area contributed by atoms with Crippen LogP contribution in [0, 0.1) is 24.5 Å². The Balaban J connectivity index is 1.96. The minimum absolute atomic E-state index is 0.264. The fraction of sp³-hybridized carbons (Fsp3) is 0.250. The fourth-order valence-corrected chi connectivity index (χ4v) is 3.57. The lowest BCUT2D eigenvalue weighted by molar-refractivity contribution is -0.119. The van der Waals surface area contributed by atoms with Crippen LogP contribution in [0.2, 0.25) is 0 Å². The summed E-state index contributed by atoms with van der Waals surface area (Å²) in [5, 5.41) is 2.85. The maximum atomic E-state index is 14.1. The Labute approximate surface area is 169 Å². The number of pyridine rings is 1. The van der Waals surface area contributed by atoms with Crippen LogP contribution < -0.4 is 5.32 Å². The highest BCUT2D eigenvalue weighted by atomic mass is 19.1. The quantitative estimate of drug-likeness (QED) is 0.588. The van der Waals surface area contributed by atoms with Crippen LogP contribution in [0.15, 0.2) is 60.9 Å². The third-order valence-corrected chi connectivity index (χ3v) is 5.17. The molecule has 0 aliphatic heterocycles. The summed E-state index contributed by atoms with van der Waals surface area (Å²) in [6.45, 7) is 5.61. The second-order valence-electron chi connectivity index (χ2n) is 7.22. The van der Waals surface area contributed by atoms with E-state index in [1.807, 2.05) is 38.1 Å². The van der Waals surface area contributed by atoms with Crippen molar-refractivity contribution in [1.82, 2.24) is 4.98 Å². The summed E-state index contributed by atoms with van der Waals surface area (Å²) in [6, 6.07) is 13.8. The number of halogens is 2. The van der Waals surface area contributed by atoms with Gasteiger partial charge in [-0.15, -0.1) is 0 Å². The van der Waals surface area contributed by atoms with Gasteiger partial charge in [0.1, 0.15) is 11.6 Å². The van der Waals surface area contributed by atoms with Gasteiger partial charge in [-0.1, -0.05) is 49.7 Å². The summed E-state index contributed by atoms with van der Waals surface area (Å²) in [5.74, 6) is -1.99. The minimum atomic E-state index is -0.533. The number of aryl methyl sites for hydroxylation is 1. The van der Waals surface area contributed by atoms with E-state index in [1.165, 1.54) is 12.1 Å². The Hall–Kier alpha value is -3.08. The summed E-state index contributed by atoms with van der Waals surface area (Å²) in [6.07, 6.45) is 3.18. The Morgan fingerprint density at radius 2 is 1.79 bits per heavy atom. The van der Waals surface area contributed by atoms with Gasteiger partial charge in [0.2, 0.25) is 5.91 Å². The molecule has 1 amide bonds. The maximum Gasteiger partial charge on any atom is 0.228 e. The highest BCUT2D eigenvalue weighted by Gasteiger charge is 2.28. The van der Waals surface area contributed by atoms with Gasteiger partial charge in [-0.2, -0.15) is 0 Å². The van der Waals surface area contributed by atoms with Crippen LogP contribution in [-0.4, -0.2) is 10.9 Å². The molecule has 3 rings (SSSR count). The van der Waals surface area contributed by atoms with E-state index in [-0.39, 0.29) is 11.7 Å². The maximum absolute atomic E-state index is 14.1. The first-order valence-corrected chi connectivity index (χ1v) is 9.66. The predicted molar refractivity (Wildman–Crippen MR) is 111 cm³/mol. The number of carbonyl (C=O) groups excluding carboxylic acids is 1. The van der Waals surface area contributed by atoms with Gasteiger partial charge in [0.25, 0.3) is 0 Å². The summed E-state index contributed by atoms with van der Waals surface area (Å²) in [5.41, 5.74) is 3.53. The summed E-state index contributed by atoms with van der Waals surface area (Å²) >= 11 is 0. The second-order valence-corrected chi connectivity index (χ2v) is 7.22. The van der Waals surface area contributed by atoms with E-state index in [2.05, 4.69) is 10.3 Å². The Morgan fingerprint density at radius 3 is 2.45 bits per heavy atom. The topological polar surface area (TPSA) is 42.0 Å². The third-order valence-electron chi connectivity index (χ3n) is 5.17. The van der Waals surface area contributed by atoms with Crippen LogP contribution >= 0.6 is 0 Å². The molecule has 0 radical (unpaired) electrons. The summed E-state index contributed by atoms with van der Waals surface area (Å²) in [7, 11) is 0. The van der Waals surface area contributed by atoms with E-state index in [0.717, 1.165) is 17.3 Å². The molecule has 2 atom stereocenters. The van der Waals surface area contributed by atoms with Crippen LogP contribution in [-0.2, 0) is 11.2 Å². The zero-order chi connectivity index (χ0) is 21.0. The van der Waals surface area contributed by atoms with Crippen LogP contribution in [0.3, 0.4) is 0 Å². The van der Waals surface area contributed by atoms with Gasteiger partial charge in [-0.05, 0) is 42.7 Å². The van der Waals surface area contributed by atoms with Crippen LogP contribution in [0.25, 0.3) is 0 Å². The van der Waals surface area contributed by atoms with Crippen molar-refractivity contribution in [3.8, 4) is 0 Å². The molecule has 1 heterocycles. The molecule has 0 saturated carbocycles. The van der Waals surface area contributed by atoms with Gasteiger partial charge in [-0.25, -0.2) is 8.78 Å². The van der Waals surface area contributed by atoms with E-state index >= 15 is 0 Å². The number of benzene rings is 2. The molecular weight excluding hydrogens is 370 g/mol. The third kappa shape index (κ3) is 4.67. The smallest absolute Gasteiger partial charge is 0.228 e. The van der Waals surface area contributed by atoms with Crippen molar-refractivity contribution in [2.75, 3.05) is 5.32 Å². The number of aromatic nitrogens is 1. The molecule has 0 bridgehead atoms. The monoisotopic (exact) mass is 394 g/mol. The zero-order valence-corrected chi connectivity index (χ0v) is 16.7. The lowest BCUT2D eigenvalue weighted by Crippen LogP contribution is -2.27.